The van der Waals surface area contributed by atoms with Crippen molar-refractivity contribution in [1.82, 2.24) is 15.5 Å². The van der Waals surface area contributed by atoms with Gasteiger partial charge in [0.15, 0.2) is 5.21 Å². The van der Waals surface area contributed by atoms with Crippen molar-refractivity contribution >= 4 is 11.6 Å². The fourth-order valence-corrected chi connectivity index (χ4v) is 4.12. The first-order valence-corrected chi connectivity index (χ1v) is 10.3. The van der Waals surface area contributed by atoms with E-state index >= 15 is 0 Å². The third kappa shape index (κ3) is 4.32. The molecule has 1 aliphatic heterocycles. The molecule has 3 N–H and O–H groups in total. The zero-order valence-corrected chi connectivity index (χ0v) is 16.1. The molecule has 1 amide bonds. The molecule has 1 atom stereocenters. The van der Waals surface area contributed by atoms with Crippen LogP contribution in [0.5, 0.6) is 5.75 Å². The standard InChI is InChI=1S/C20H27N5O3/c26-18-13-20(27)21-17-10-9-15(12-16(17)18)28-11-5-4-8-19-22-23-24-25(19)14-6-2-1-3-7-14/h9-10,12,14,18,26H,1-8,11,13H2,(H,21,27)/p+1/t18-/m0/s1. The van der Waals surface area contributed by atoms with Crippen LogP contribution >= 0.6 is 0 Å². The number of H-pyrrole nitrogens is 1. The zero-order valence-electron chi connectivity index (χ0n) is 16.1. The van der Waals surface area contributed by atoms with Crippen molar-refractivity contribution in [2.24, 2.45) is 0 Å². The van der Waals surface area contributed by atoms with Crippen molar-refractivity contribution in [3.8, 4) is 5.75 Å². The summed E-state index contributed by atoms with van der Waals surface area (Å²) in [6.45, 7) is 0.600. The van der Waals surface area contributed by atoms with Gasteiger partial charge in [0.05, 0.1) is 19.1 Å². The molecule has 1 fully saturated rings. The number of aliphatic hydroxyl groups excluding tert-OH is 1. The van der Waals surface area contributed by atoms with Crippen LogP contribution < -0.4 is 14.7 Å². The van der Waals surface area contributed by atoms with E-state index < -0.39 is 6.10 Å². The van der Waals surface area contributed by atoms with Crippen molar-refractivity contribution in [2.45, 2.75) is 69.9 Å². The highest BCUT2D eigenvalue weighted by atomic mass is 16.5. The summed E-state index contributed by atoms with van der Waals surface area (Å²) in [5.41, 5.74) is 1.38. The van der Waals surface area contributed by atoms with E-state index in [4.69, 9.17) is 4.74 Å². The lowest BCUT2D eigenvalue weighted by Crippen LogP contribution is -2.45. The largest absolute Gasteiger partial charge is 0.494 e. The number of amides is 1. The number of nitrogens with one attached hydrogen (secondary N) is 2. The number of carbonyl (C=O) groups is 1. The van der Waals surface area contributed by atoms with Gasteiger partial charge in [0.1, 0.15) is 16.9 Å². The predicted octanol–water partition coefficient (Wildman–Crippen LogP) is 2.37. The molecule has 1 aromatic carbocycles. The molecule has 2 aromatic rings. The topological polar surface area (TPSA) is 104 Å². The number of benzene rings is 1. The highest BCUT2D eigenvalue weighted by Crippen LogP contribution is 2.33. The monoisotopic (exact) mass is 386 g/mol. The predicted molar refractivity (Wildman–Crippen MR) is 102 cm³/mol. The highest BCUT2D eigenvalue weighted by Gasteiger charge is 2.25. The summed E-state index contributed by atoms with van der Waals surface area (Å²) < 4.78 is 7.99. The van der Waals surface area contributed by atoms with E-state index in [0.29, 0.717) is 29.6 Å². The van der Waals surface area contributed by atoms with E-state index in [2.05, 4.69) is 25.5 Å². The minimum absolute atomic E-state index is 0.0924. The van der Waals surface area contributed by atoms with Crippen LogP contribution in [0.15, 0.2) is 18.2 Å². The summed E-state index contributed by atoms with van der Waals surface area (Å²) in [6.07, 6.45) is 8.39. The van der Waals surface area contributed by atoms with E-state index in [-0.39, 0.29) is 12.3 Å². The SMILES string of the molecule is O=C1C[C@H](O)c2cc(OCCCCc3nn[nH][n+]3C3CCCCC3)ccc2N1. The third-order valence-corrected chi connectivity index (χ3v) is 5.63. The lowest BCUT2D eigenvalue weighted by molar-refractivity contribution is -0.786. The van der Waals surface area contributed by atoms with Crippen LogP contribution in [0.3, 0.4) is 0 Å². The van der Waals surface area contributed by atoms with Crippen LogP contribution in [0.2, 0.25) is 0 Å². The number of ether oxygens (including phenoxy) is 1. The molecule has 4 rings (SSSR count). The van der Waals surface area contributed by atoms with Crippen molar-refractivity contribution in [3.63, 3.8) is 0 Å². The summed E-state index contributed by atoms with van der Waals surface area (Å²) >= 11 is 0. The lowest BCUT2D eigenvalue weighted by atomic mass is 9.95. The quantitative estimate of drug-likeness (QED) is 0.501. The Morgan fingerprint density at radius 3 is 2.93 bits per heavy atom. The molecule has 2 heterocycles. The van der Waals surface area contributed by atoms with Gasteiger partial charge in [0.25, 0.3) is 0 Å². The van der Waals surface area contributed by atoms with E-state index in [1.807, 2.05) is 12.1 Å². The zero-order chi connectivity index (χ0) is 19.3. The van der Waals surface area contributed by atoms with E-state index in [1.165, 1.54) is 32.1 Å². The number of tetrazole rings is 1. The first-order chi connectivity index (χ1) is 13.7. The van der Waals surface area contributed by atoms with Gasteiger partial charge in [-0.25, -0.2) is 0 Å². The van der Waals surface area contributed by atoms with Crippen LogP contribution in [0.25, 0.3) is 0 Å². The van der Waals surface area contributed by atoms with Crippen LogP contribution in [0.4, 0.5) is 5.69 Å². The Morgan fingerprint density at radius 2 is 2.07 bits per heavy atom. The number of hydrogen-bond donors (Lipinski definition) is 3. The fraction of sp³-hybridized carbons (Fsp3) is 0.600. The number of aryl methyl sites for hydroxylation is 1. The van der Waals surface area contributed by atoms with Gasteiger partial charge >= 0.3 is 5.82 Å². The second-order valence-corrected chi connectivity index (χ2v) is 7.70. The van der Waals surface area contributed by atoms with Crippen LogP contribution in [-0.2, 0) is 11.2 Å². The number of hydrogen-bond acceptors (Lipinski definition) is 5. The Kier molecular flexibility index (Phi) is 5.85. The van der Waals surface area contributed by atoms with E-state index in [9.17, 15) is 9.90 Å². The molecule has 2 aliphatic rings. The van der Waals surface area contributed by atoms with E-state index in [0.717, 1.165) is 25.1 Å². The maximum Gasteiger partial charge on any atom is 0.300 e. The molecule has 0 saturated heterocycles. The highest BCUT2D eigenvalue weighted by molar-refractivity contribution is 5.94. The minimum Gasteiger partial charge on any atom is -0.494 e. The molecule has 0 bridgehead atoms. The summed E-state index contributed by atoms with van der Waals surface area (Å²) in [5.74, 6) is 1.58. The van der Waals surface area contributed by atoms with Gasteiger partial charge in [-0.05, 0) is 56.7 Å². The normalized spacial score (nSPS) is 19.9. The van der Waals surface area contributed by atoms with Crippen LogP contribution in [-0.4, -0.2) is 33.1 Å². The molecule has 8 heteroatoms. The molecule has 1 aromatic heterocycles. The maximum atomic E-state index is 11.5. The van der Waals surface area contributed by atoms with Gasteiger partial charge in [-0.1, -0.05) is 11.6 Å². The van der Waals surface area contributed by atoms with Crippen molar-refractivity contribution in [3.05, 3.63) is 29.6 Å². The number of rotatable bonds is 7. The Labute approximate surface area is 164 Å². The number of nitrogens with zero attached hydrogens (tertiary/aromatic N) is 3. The molecular weight excluding hydrogens is 358 g/mol. The summed E-state index contributed by atoms with van der Waals surface area (Å²) in [7, 11) is 0. The molecule has 0 radical (unpaired) electrons. The van der Waals surface area contributed by atoms with Gasteiger partial charge in [0.2, 0.25) is 5.91 Å². The Balaban J connectivity index is 1.24. The average molecular weight is 386 g/mol. The van der Waals surface area contributed by atoms with Crippen molar-refractivity contribution in [2.75, 3.05) is 11.9 Å². The Bertz CT molecular complexity index is 816. The average Bonchev–Trinajstić information content (AvgIpc) is 3.17. The molecule has 150 valence electrons. The smallest absolute Gasteiger partial charge is 0.300 e. The lowest BCUT2D eigenvalue weighted by Gasteiger charge is -2.22. The van der Waals surface area contributed by atoms with Gasteiger partial charge in [-0.2, -0.15) is 4.68 Å². The molecule has 0 spiro atoms. The number of fused-ring (bicyclic) bond motifs is 1. The molecule has 0 unspecified atom stereocenters. The number of anilines is 1. The van der Waals surface area contributed by atoms with Crippen molar-refractivity contribution < 1.29 is 19.3 Å². The number of aromatic amines is 1. The second kappa shape index (κ2) is 8.68. The second-order valence-electron chi connectivity index (χ2n) is 7.70. The number of aromatic nitrogens is 4. The molecule has 1 saturated carbocycles. The van der Waals surface area contributed by atoms with Gasteiger partial charge in [0, 0.05) is 17.7 Å². The summed E-state index contributed by atoms with van der Waals surface area (Å²) in [5, 5.41) is 24.2. The van der Waals surface area contributed by atoms with E-state index in [1.54, 1.807) is 6.07 Å². The third-order valence-electron chi connectivity index (χ3n) is 5.63. The molecular formula is C20H28N5O3+. The minimum atomic E-state index is -0.769. The maximum absolute atomic E-state index is 11.5. The Hall–Kier alpha value is -2.48. The van der Waals surface area contributed by atoms with Gasteiger partial charge < -0.3 is 15.2 Å². The molecule has 8 nitrogen and oxygen atoms in total. The van der Waals surface area contributed by atoms with Gasteiger partial charge in [-0.3, -0.25) is 4.79 Å². The first kappa shape index (κ1) is 18.9. The van der Waals surface area contributed by atoms with Crippen LogP contribution in [0.1, 0.15) is 74.9 Å². The Morgan fingerprint density at radius 1 is 1.21 bits per heavy atom. The number of carbonyl (C=O) groups excluding carboxylic acids is 1. The first-order valence-electron chi connectivity index (χ1n) is 10.3. The molecule has 28 heavy (non-hydrogen) atoms. The van der Waals surface area contributed by atoms with Gasteiger partial charge in [-0.15, -0.1) is 0 Å². The van der Waals surface area contributed by atoms with Crippen molar-refractivity contribution in [1.29, 1.82) is 0 Å². The fourth-order valence-electron chi connectivity index (χ4n) is 4.12. The molecule has 1 aliphatic carbocycles. The summed E-state index contributed by atoms with van der Waals surface area (Å²) in [6, 6.07) is 5.94. The number of unbranched alkanes of at least 4 members (excludes halogenated alkanes) is 1. The summed E-state index contributed by atoms with van der Waals surface area (Å²) in [4.78, 5) is 11.5. The number of aliphatic hydroxyl groups is 1. The van der Waals surface area contributed by atoms with Crippen LogP contribution in [0, 0.1) is 0 Å².